The molecule has 3 atom stereocenters. The molecule has 7 heteroatoms. The van der Waals surface area contributed by atoms with E-state index in [9.17, 15) is 9.59 Å². The van der Waals surface area contributed by atoms with Crippen LogP contribution < -0.4 is 11.1 Å². The Bertz CT molecular complexity index is 508. The summed E-state index contributed by atoms with van der Waals surface area (Å²) in [6.45, 7) is 1.73. The van der Waals surface area contributed by atoms with E-state index in [1.54, 1.807) is 6.92 Å². The Balaban J connectivity index is 2.35. The highest BCUT2D eigenvalue weighted by Gasteiger charge is 2.40. The second-order valence-corrected chi connectivity index (χ2v) is 5.34. The van der Waals surface area contributed by atoms with E-state index in [1.165, 1.54) is 0 Å². The van der Waals surface area contributed by atoms with E-state index < -0.39 is 24.4 Å². The zero-order valence-electron chi connectivity index (χ0n) is 10.1. The molecule has 1 aliphatic heterocycles. The van der Waals surface area contributed by atoms with Gasteiger partial charge in [-0.3, -0.25) is 0 Å². The third-order valence-electron chi connectivity index (χ3n) is 2.83. The van der Waals surface area contributed by atoms with Crippen LogP contribution in [0, 0.1) is 3.57 Å². The Kier molecular flexibility index (Phi) is 4.13. The molecule has 1 heterocycles. The Morgan fingerprint density at radius 3 is 2.79 bits per heavy atom. The quantitative estimate of drug-likeness (QED) is 0.772. The minimum Gasteiger partial charge on any atom is -0.440 e. The first-order valence-corrected chi connectivity index (χ1v) is 6.74. The predicted molar refractivity (Wildman–Crippen MR) is 75.4 cm³/mol. The lowest BCUT2D eigenvalue weighted by atomic mass is 9.98. The van der Waals surface area contributed by atoms with Crippen LogP contribution in [0.25, 0.3) is 0 Å². The summed E-state index contributed by atoms with van der Waals surface area (Å²) < 4.78 is 11.2. The lowest BCUT2D eigenvalue weighted by Crippen LogP contribution is -2.53. The van der Waals surface area contributed by atoms with Crippen LogP contribution in [0.1, 0.15) is 18.6 Å². The van der Waals surface area contributed by atoms with E-state index in [2.05, 4.69) is 27.9 Å². The Hall–Kier alpha value is -1.51. The van der Waals surface area contributed by atoms with Crippen molar-refractivity contribution in [2.75, 3.05) is 0 Å². The minimum absolute atomic E-state index is 0.380. The number of hydrogen-bond donors (Lipinski definition) is 2. The molecule has 0 saturated carbocycles. The van der Waals surface area contributed by atoms with Crippen LogP contribution in [0.4, 0.5) is 9.59 Å². The second-order valence-electron chi connectivity index (χ2n) is 4.18. The fourth-order valence-electron chi connectivity index (χ4n) is 1.99. The highest BCUT2D eigenvalue weighted by atomic mass is 127. The monoisotopic (exact) mass is 376 g/mol. The highest BCUT2D eigenvalue weighted by molar-refractivity contribution is 14.1. The number of nitrogens with two attached hydrogens (primary N) is 1. The van der Waals surface area contributed by atoms with Crippen LogP contribution in [0.5, 0.6) is 0 Å². The van der Waals surface area contributed by atoms with Gasteiger partial charge in [0.25, 0.3) is 0 Å². The molecule has 0 aromatic heterocycles. The molecular weight excluding hydrogens is 363 g/mol. The molecule has 1 aromatic carbocycles. The number of cyclic esters (lactones) is 1. The molecule has 3 N–H and O–H groups in total. The molecule has 1 saturated heterocycles. The number of alkyl carbamates (subject to hydrolysis) is 1. The standard InChI is InChI=1S/C12H13IN2O4/c1-6-9(18-11(14)16)10(19-12(17)15-6)7-4-2-3-5-8(7)13/h2-6,9-10H,1H3,(H2,14,16)(H,15,17)/t6?,9-,10-/m0/s1. The molecule has 2 amide bonds. The van der Waals surface area contributed by atoms with Crippen molar-refractivity contribution in [2.24, 2.45) is 5.73 Å². The van der Waals surface area contributed by atoms with Gasteiger partial charge in [0.2, 0.25) is 0 Å². The summed E-state index contributed by atoms with van der Waals surface area (Å²) in [6.07, 6.45) is -2.76. The first kappa shape index (κ1) is 13.9. The first-order chi connectivity index (χ1) is 8.99. The van der Waals surface area contributed by atoms with Crippen molar-refractivity contribution in [3.8, 4) is 0 Å². The van der Waals surface area contributed by atoms with Gasteiger partial charge in [-0.15, -0.1) is 0 Å². The van der Waals surface area contributed by atoms with Crippen LogP contribution >= 0.6 is 22.6 Å². The maximum atomic E-state index is 11.5. The van der Waals surface area contributed by atoms with Gasteiger partial charge in [0, 0.05) is 9.13 Å². The summed E-state index contributed by atoms with van der Waals surface area (Å²) in [5.41, 5.74) is 5.86. The van der Waals surface area contributed by atoms with Gasteiger partial charge >= 0.3 is 12.2 Å². The van der Waals surface area contributed by atoms with Gasteiger partial charge in [-0.2, -0.15) is 0 Å². The van der Waals surface area contributed by atoms with Crippen molar-refractivity contribution in [1.29, 1.82) is 0 Å². The van der Waals surface area contributed by atoms with Gasteiger partial charge in [-0.05, 0) is 35.6 Å². The van der Waals surface area contributed by atoms with E-state index in [1.807, 2.05) is 24.3 Å². The number of carbonyl (C=O) groups excluding carboxylic acids is 2. The topological polar surface area (TPSA) is 90.7 Å². The molecule has 1 aliphatic rings. The molecule has 1 unspecified atom stereocenters. The zero-order chi connectivity index (χ0) is 14.0. The SMILES string of the molecule is CC1NC(=O)O[C@@H](c2ccccc2I)[C@H]1OC(N)=O. The summed E-state index contributed by atoms with van der Waals surface area (Å²) in [6, 6.07) is 7.04. The number of benzene rings is 1. The number of rotatable bonds is 2. The van der Waals surface area contributed by atoms with E-state index in [4.69, 9.17) is 15.2 Å². The van der Waals surface area contributed by atoms with Gasteiger partial charge in [-0.25, -0.2) is 9.59 Å². The third-order valence-corrected chi connectivity index (χ3v) is 3.82. The van der Waals surface area contributed by atoms with Crippen molar-refractivity contribution in [2.45, 2.75) is 25.2 Å². The number of primary amides is 1. The molecule has 19 heavy (non-hydrogen) atoms. The Morgan fingerprint density at radius 1 is 1.47 bits per heavy atom. The van der Waals surface area contributed by atoms with Gasteiger partial charge in [-0.1, -0.05) is 18.2 Å². The maximum absolute atomic E-state index is 11.5. The van der Waals surface area contributed by atoms with Gasteiger partial charge in [0.1, 0.15) is 0 Å². The first-order valence-electron chi connectivity index (χ1n) is 5.66. The normalized spacial score (nSPS) is 26.2. The van der Waals surface area contributed by atoms with E-state index >= 15 is 0 Å². The number of amides is 2. The average Bonchev–Trinajstić information content (AvgIpc) is 2.33. The number of ether oxygens (including phenoxy) is 2. The Morgan fingerprint density at radius 2 is 2.16 bits per heavy atom. The predicted octanol–water partition coefficient (Wildman–Crippen LogP) is 1.92. The molecular formula is C12H13IN2O4. The van der Waals surface area contributed by atoms with E-state index in [0.29, 0.717) is 0 Å². The van der Waals surface area contributed by atoms with Crippen molar-refractivity contribution < 1.29 is 19.1 Å². The molecule has 1 fully saturated rings. The zero-order valence-corrected chi connectivity index (χ0v) is 12.3. The largest absolute Gasteiger partial charge is 0.440 e. The van der Waals surface area contributed by atoms with Crippen LogP contribution in [0.15, 0.2) is 24.3 Å². The summed E-state index contributed by atoms with van der Waals surface area (Å²) in [7, 11) is 0. The van der Waals surface area contributed by atoms with Gasteiger partial charge in [0.15, 0.2) is 12.2 Å². The summed E-state index contributed by atoms with van der Waals surface area (Å²) in [5.74, 6) is 0. The number of hydrogen-bond acceptors (Lipinski definition) is 4. The van der Waals surface area contributed by atoms with E-state index in [0.717, 1.165) is 9.13 Å². The Labute approximate surface area is 123 Å². The van der Waals surface area contributed by atoms with Crippen molar-refractivity contribution in [3.63, 3.8) is 0 Å². The fraction of sp³-hybridized carbons (Fsp3) is 0.333. The maximum Gasteiger partial charge on any atom is 0.408 e. The second kappa shape index (κ2) is 5.64. The molecule has 0 bridgehead atoms. The average molecular weight is 376 g/mol. The number of halogens is 1. The summed E-state index contributed by atoms with van der Waals surface area (Å²) in [5, 5.41) is 2.56. The molecule has 6 nitrogen and oxygen atoms in total. The van der Waals surface area contributed by atoms with Crippen LogP contribution in [-0.4, -0.2) is 24.3 Å². The van der Waals surface area contributed by atoms with Crippen LogP contribution in [0.2, 0.25) is 0 Å². The minimum atomic E-state index is -0.896. The number of carbonyl (C=O) groups is 2. The lowest BCUT2D eigenvalue weighted by molar-refractivity contribution is -0.0467. The van der Waals surface area contributed by atoms with Crippen molar-refractivity contribution in [1.82, 2.24) is 5.32 Å². The van der Waals surface area contributed by atoms with Gasteiger partial charge in [0.05, 0.1) is 6.04 Å². The molecule has 0 spiro atoms. The smallest absolute Gasteiger partial charge is 0.408 e. The summed E-state index contributed by atoms with van der Waals surface area (Å²) >= 11 is 2.14. The third kappa shape index (κ3) is 3.09. The fourth-order valence-corrected chi connectivity index (χ4v) is 2.69. The number of nitrogens with one attached hydrogen (secondary N) is 1. The van der Waals surface area contributed by atoms with E-state index in [-0.39, 0.29) is 6.04 Å². The molecule has 0 aliphatic carbocycles. The van der Waals surface area contributed by atoms with Crippen LogP contribution in [-0.2, 0) is 9.47 Å². The highest BCUT2D eigenvalue weighted by Crippen LogP contribution is 2.31. The summed E-state index contributed by atoms with van der Waals surface area (Å²) in [4.78, 5) is 22.5. The molecule has 1 aromatic rings. The van der Waals surface area contributed by atoms with Gasteiger partial charge < -0.3 is 20.5 Å². The van der Waals surface area contributed by atoms with Crippen molar-refractivity contribution in [3.05, 3.63) is 33.4 Å². The van der Waals surface area contributed by atoms with Crippen LogP contribution in [0.3, 0.4) is 0 Å². The molecule has 0 radical (unpaired) electrons. The molecule has 102 valence electrons. The lowest BCUT2D eigenvalue weighted by Gasteiger charge is -2.35. The van der Waals surface area contributed by atoms with Crippen molar-refractivity contribution >= 4 is 34.8 Å². The molecule has 2 rings (SSSR count).